The first kappa shape index (κ1) is 19.4. The van der Waals surface area contributed by atoms with Crippen LogP contribution in [0.2, 0.25) is 0 Å². The van der Waals surface area contributed by atoms with Crippen LogP contribution in [0.4, 0.5) is 0 Å². The average molecular weight is 313 g/mol. The number of carbonyl (C=O) groups excluding carboxylic acids is 1. The molecule has 1 amide bonds. The zero-order valence-electron chi connectivity index (χ0n) is 14.7. The fourth-order valence-electron chi connectivity index (χ4n) is 2.44. The van der Waals surface area contributed by atoms with E-state index in [2.05, 4.69) is 34.8 Å². The quantitative estimate of drug-likeness (QED) is 0.567. The molecule has 3 aliphatic heterocycles. The summed E-state index contributed by atoms with van der Waals surface area (Å²) < 4.78 is 0. The number of nitrogens with one attached hydrogen (secondary N) is 3. The Hall–Kier alpha value is -0.690. The molecule has 0 aromatic carbocycles. The summed E-state index contributed by atoms with van der Waals surface area (Å²) >= 11 is 0. The normalized spacial score (nSPS) is 24.0. The number of hydrogen-bond acceptors (Lipinski definition) is 5. The van der Waals surface area contributed by atoms with Crippen molar-refractivity contribution in [2.45, 2.75) is 19.8 Å². The Morgan fingerprint density at radius 3 is 1.73 bits per heavy atom. The van der Waals surface area contributed by atoms with E-state index in [0.717, 1.165) is 45.2 Å². The van der Waals surface area contributed by atoms with Crippen molar-refractivity contribution in [1.29, 1.82) is 0 Å². The van der Waals surface area contributed by atoms with Gasteiger partial charge in [-0.2, -0.15) is 0 Å². The second-order valence-electron chi connectivity index (χ2n) is 6.48. The Balaban J connectivity index is 0.000000167. The van der Waals surface area contributed by atoms with Gasteiger partial charge in [0.1, 0.15) is 0 Å². The van der Waals surface area contributed by atoms with E-state index < -0.39 is 0 Å². The first-order valence-electron chi connectivity index (χ1n) is 8.64. The molecule has 3 aliphatic rings. The lowest BCUT2D eigenvalue weighted by molar-refractivity contribution is -0.130. The van der Waals surface area contributed by atoms with Crippen molar-refractivity contribution in [3.05, 3.63) is 0 Å². The Morgan fingerprint density at radius 2 is 1.41 bits per heavy atom. The standard InChI is InChI=1S/C7H15N.C5H10N2O.C4H10N2/c1-7-3-5-8(2)6-4-7;1-7-3-2-6-4-5(7)8;1-2-6-4-3-5-1/h7H,3-6H2,1-2H3;6H,2-4H2,1H3;5-6H,1-4H2. The third-order valence-electron chi connectivity index (χ3n) is 4.29. The van der Waals surface area contributed by atoms with E-state index in [9.17, 15) is 4.79 Å². The molecule has 3 N–H and O–H groups in total. The van der Waals surface area contributed by atoms with Gasteiger partial charge in [-0.25, -0.2) is 0 Å². The molecular formula is C16H35N5O. The van der Waals surface area contributed by atoms with Gasteiger partial charge in [-0.15, -0.1) is 0 Å². The van der Waals surface area contributed by atoms with Crippen LogP contribution in [0.15, 0.2) is 0 Å². The fraction of sp³-hybridized carbons (Fsp3) is 0.938. The molecule has 0 aromatic rings. The zero-order valence-corrected chi connectivity index (χ0v) is 14.7. The van der Waals surface area contributed by atoms with Crippen molar-refractivity contribution in [2.75, 3.05) is 73.0 Å². The van der Waals surface area contributed by atoms with E-state index in [4.69, 9.17) is 0 Å². The molecule has 0 bridgehead atoms. The van der Waals surface area contributed by atoms with Gasteiger partial charge in [-0.1, -0.05) is 6.92 Å². The first-order chi connectivity index (χ1) is 10.6. The maximum atomic E-state index is 10.7. The second-order valence-corrected chi connectivity index (χ2v) is 6.48. The van der Waals surface area contributed by atoms with Gasteiger partial charge in [-0.3, -0.25) is 4.79 Å². The lowest BCUT2D eigenvalue weighted by Crippen LogP contribution is -2.45. The smallest absolute Gasteiger partial charge is 0.236 e. The summed E-state index contributed by atoms with van der Waals surface area (Å²) in [4.78, 5) is 14.8. The molecule has 3 rings (SSSR count). The van der Waals surface area contributed by atoms with Gasteiger partial charge < -0.3 is 25.8 Å². The molecule has 3 heterocycles. The molecule has 0 aliphatic carbocycles. The largest absolute Gasteiger partial charge is 0.343 e. The minimum Gasteiger partial charge on any atom is -0.343 e. The Bertz CT molecular complexity index is 267. The van der Waals surface area contributed by atoms with Crippen molar-refractivity contribution in [1.82, 2.24) is 25.8 Å². The predicted molar refractivity (Wildman–Crippen MR) is 92.1 cm³/mol. The predicted octanol–water partition coefficient (Wildman–Crippen LogP) is -0.425. The molecule has 6 nitrogen and oxygen atoms in total. The number of carbonyl (C=O) groups is 1. The maximum Gasteiger partial charge on any atom is 0.236 e. The summed E-state index contributed by atoms with van der Waals surface area (Å²) in [6.45, 7) is 11.8. The Morgan fingerprint density at radius 1 is 0.864 bits per heavy atom. The highest BCUT2D eigenvalue weighted by Crippen LogP contribution is 2.13. The van der Waals surface area contributed by atoms with Crippen LogP contribution in [0, 0.1) is 5.92 Å². The summed E-state index contributed by atoms with van der Waals surface area (Å²) in [5.74, 6) is 1.17. The van der Waals surface area contributed by atoms with E-state index in [1.807, 2.05) is 7.05 Å². The van der Waals surface area contributed by atoms with Gasteiger partial charge in [0, 0.05) is 46.3 Å². The molecule has 0 aromatic heterocycles. The van der Waals surface area contributed by atoms with Crippen molar-refractivity contribution in [3.8, 4) is 0 Å². The summed E-state index contributed by atoms with van der Waals surface area (Å²) in [5, 5.41) is 9.42. The minimum absolute atomic E-state index is 0.191. The molecule has 0 radical (unpaired) electrons. The van der Waals surface area contributed by atoms with Gasteiger partial charge in [0.05, 0.1) is 6.54 Å². The van der Waals surface area contributed by atoms with Crippen molar-refractivity contribution in [3.63, 3.8) is 0 Å². The van der Waals surface area contributed by atoms with Crippen LogP contribution in [-0.4, -0.2) is 88.7 Å². The topological polar surface area (TPSA) is 59.6 Å². The lowest BCUT2D eigenvalue weighted by Gasteiger charge is -2.26. The molecule has 3 fully saturated rings. The summed E-state index contributed by atoms with van der Waals surface area (Å²) in [5.41, 5.74) is 0. The number of piperidine rings is 1. The van der Waals surface area contributed by atoms with Gasteiger partial charge in [-0.05, 0) is 38.9 Å². The summed E-state index contributed by atoms with van der Waals surface area (Å²) in [7, 11) is 4.02. The molecule has 0 atom stereocenters. The number of hydrogen-bond donors (Lipinski definition) is 3. The maximum absolute atomic E-state index is 10.7. The SMILES string of the molecule is C1CNCCN1.CC1CCN(C)CC1.CN1CCNCC1=O. The van der Waals surface area contributed by atoms with Crippen molar-refractivity contribution < 1.29 is 4.79 Å². The third kappa shape index (κ3) is 9.35. The average Bonchev–Trinajstić information content (AvgIpc) is 2.56. The van der Waals surface area contributed by atoms with E-state index in [0.29, 0.717) is 6.54 Å². The lowest BCUT2D eigenvalue weighted by atomic mass is 10.00. The summed E-state index contributed by atoms with van der Waals surface area (Å²) in [6.07, 6.45) is 2.80. The van der Waals surface area contributed by atoms with Gasteiger partial charge >= 0.3 is 0 Å². The number of likely N-dealkylation sites (N-methyl/N-ethyl adjacent to an activating group) is 1. The van der Waals surface area contributed by atoms with Crippen LogP contribution in [0.25, 0.3) is 0 Å². The van der Waals surface area contributed by atoms with Crippen LogP contribution in [0.3, 0.4) is 0 Å². The number of nitrogens with zero attached hydrogens (tertiary/aromatic N) is 2. The molecule has 6 heteroatoms. The van der Waals surface area contributed by atoms with Crippen LogP contribution >= 0.6 is 0 Å². The van der Waals surface area contributed by atoms with Crippen molar-refractivity contribution >= 4 is 5.91 Å². The Labute approximate surface area is 136 Å². The highest BCUT2D eigenvalue weighted by atomic mass is 16.2. The van der Waals surface area contributed by atoms with E-state index >= 15 is 0 Å². The summed E-state index contributed by atoms with van der Waals surface area (Å²) in [6, 6.07) is 0. The van der Waals surface area contributed by atoms with Gasteiger partial charge in [0.15, 0.2) is 0 Å². The molecule has 22 heavy (non-hydrogen) atoms. The molecule has 130 valence electrons. The van der Waals surface area contributed by atoms with Crippen molar-refractivity contribution in [2.24, 2.45) is 5.92 Å². The first-order valence-corrected chi connectivity index (χ1v) is 8.64. The second kappa shape index (κ2) is 11.8. The number of amides is 1. The molecule has 0 spiro atoms. The highest BCUT2D eigenvalue weighted by molar-refractivity contribution is 5.78. The van der Waals surface area contributed by atoms with Crippen LogP contribution < -0.4 is 16.0 Å². The number of likely N-dealkylation sites (tertiary alicyclic amines) is 1. The third-order valence-corrected chi connectivity index (χ3v) is 4.29. The van der Waals surface area contributed by atoms with Crippen LogP contribution in [0.5, 0.6) is 0 Å². The molecule has 3 saturated heterocycles. The van der Waals surface area contributed by atoms with Crippen LogP contribution in [-0.2, 0) is 4.79 Å². The molecular weight excluding hydrogens is 278 g/mol. The zero-order chi connectivity index (χ0) is 16.2. The van der Waals surface area contributed by atoms with Crippen LogP contribution in [0.1, 0.15) is 19.8 Å². The van der Waals surface area contributed by atoms with Gasteiger partial charge in [0.25, 0.3) is 0 Å². The fourth-order valence-corrected chi connectivity index (χ4v) is 2.44. The molecule has 0 saturated carbocycles. The number of rotatable bonds is 0. The number of piperazine rings is 2. The molecule has 0 unspecified atom stereocenters. The minimum atomic E-state index is 0.191. The monoisotopic (exact) mass is 313 g/mol. The van der Waals surface area contributed by atoms with E-state index in [1.165, 1.54) is 25.9 Å². The van der Waals surface area contributed by atoms with E-state index in [1.54, 1.807) is 4.90 Å². The van der Waals surface area contributed by atoms with E-state index in [-0.39, 0.29) is 5.91 Å². The Kier molecular flexibility index (Phi) is 10.4. The van der Waals surface area contributed by atoms with Gasteiger partial charge in [0.2, 0.25) is 5.91 Å². The highest BCUT2D eigenvalue weighted by Gasteiger charge is 2.11.